The fourth-order valence-corrected chi connectivity index (χ4v) is 2.70. The van der Waals surface area contributed by atoms with Crippen LogP contribution in [0.1, 0.15) is 32.1 Å². The molecule has 0 saturated carbocycles. The van der Waals surface area contributed by atoms with Crippen molar-refractivity contribution in [2.45, 2.75) is 13.8 Å². The lowest BCUT2D eigenvalue weighted by Crippen LogP contribution is -2.41. The molecule has 1 aromatic carbocycles. The second kappa shape index (κ2) is 5.92. The molecule has 6 nitrogen and oxygen atoms in total. The predicted octanol–water partition coefficient (Wildman–Crippen LogP) is 2.95. The lowest BCUT2D eigenvalue weighted by molar-refractivity contribution is 0.0844. The van der Waals surface area contributed by atoms with Crippen LogP contribution in [0.15, 0.2) is 34.9 Å². The molecule has 0 aliphatic heterocycles. The number of hydrogen-bond donors (Lipinski definition) is 4. The number of aromatic amines is 2. The van der Waals surface area contributed by atoms with E-state index in [0.29, 0.717) is 11.3 Å². The maximum Gasteiger partial charge on any atom is 0.286 e. The summed E-state index contributed by atoms with van der Waals surface area (Å²) in [7, 11) is 0. The number of aryl methyl sites for hydroxylation is 2. The minimum Gasteiger partial charge on any atom is -0.358 e. The lowest BCUT2D eigenvalue weighted by Gasteiger charge is -2.06. The number of hydrogen-bond acceptors (Lipinski definition) is 2. The van der Waals surface area contributed by atoms with E-state index in [2.05, 4.69) is 36.7 Å². The summed E-state index contributed by atoms with van der Waals surface area (Å²) < 4.78 is 0.762. The molecule has 4 N–H and O–H groups in total. The normalized spacial score (nSPS) is 10.7. The second-order valence-corrected chi connectivity index (χ2v) is 6.19. The van der Waals surface area contributed by atoms with E-state index in [1.54, 1.807) is 24.4 Å². The molecular formula is C16H15BrN4O2. The third-order valence-electron chi connectivity index (χ3n) is 3.75. The maximum absolute atomic E-state index is 12.2. The van der Waals surface area contributed by atoms with Crippen LogP contribution in [0.4, 0.5) is 0 Å². The summed E-state index contributed by atoms with van der Waals surface area (Å²) in [4.78, 5) is 30.1. The van der Waals surface area contributed by atoms with Crippen LogP contribution in [0.5, 0.6) is 0 Å². The standard InChI is InChI=1S/C16H15BrN4O2/c1-8-9(2)19-13-4-3-10(5-12(8)13)15(22)20-21-16(23)14-6-11(17)7-18-14/h3-7,18-19H,1-2H3,(H,20,22)(H,21,23). The molecule has 0 atom stereocenters. The van der Waals surface area contributed by atoms with Crippen molar-refractivity contribution in [1.82, 2.24) is 20.8 Å². The molecular weight excluding hydrogens is 360 g/mol. The van der Waals surface area contributed by atoms with E-state index in [1.807, 2.05) is 19.9 Å². The van der Waals surface area contributed by atoms with Crippen molar-refractivity contribution in [1.29, 1.82) is 0 Å². The van der Waals surface area contributed by atoms with Gasteiger partial charge in [-0.25, -0.2) is 0 Å². The Bertz CT molecular complexity index is 910. The molecule has 0 fully saturated rings. The maximum atomic E-state index is 12.2. The van der Waals surface area contributed by atoms with Crippen LogP contribution in [0.25, 0.3) is 10.9 Å². The van der Waals surface area contributed by atoms with Gasteiger partial charge in [-0.1, -0.05) is 0 Å². The van der Waals surface area contributed by atoms with Gasteiger partial charge in [0.1, 0.15) is 5.69 Å². The summed E-state index contributed by atoms with van der Waals surface area (Å²) in [5.74, 6) is -0.789. The molecule has 0 spiro atoms. The molecule has 118 valence electrons. The number of rotatable bonds is 2. The summed E-state index contributed by atoms with van der Waals surface area (Å²) in [5, 5.41) is 0.995. The Balaban J connectivity index is 1.73. The first-order valence-corrected chi connectivity index (χ1v) is 7.78. The SMILES string of the molecule is Cc1[nH]c2ccc(C(=O)NNC(=O)c3cc(Br)c[nH]3)cc2c1C. The molecule has 0 bridgehead atoms. The fraction of sp³-hybridized carbons (Fsp3) is 0.125. The Kier molecular flexibility index (Phi) is 3.96. The summed E-state index contributed by atoms with van der Waals surface area (Å²) in [5.41, 5.74) is 8.79. The minimum atomic E-state index is -0.418. The molecule has 2 amide bonds. The highest BCUT2D eigenvalue weighted by Crippen LogP contribution is 2.22. The molecule has 0 unspecified atom stereocenters. The number of benzene rings is 1. The number of H-pyrrole nitrogens is 2. The van der Waals surface area contributed by atoms with Crippen LogP contribution in [0, 0.1) is 13.8 Å². The van der Waals surface area contributed by atoms with E-state index in [1.165, 1.54) is 0 Å². The van der Waals surface area contributed by atoms with E-state index in [4.69, 9.17) is 0 Å². The summed E-state index contributed by atoms with van der Waals surface area (Å²) >= 11 is 3.25. The molecule has 0 radical (unpaired) electrons. The van der Waals surface area contributed by atoms with Gasteiger partial charge in [0.15, 0.2) is 0 Å². The molecule has 3 aromatic rings. The van der Waals surface area contributed by atoms with Crippen molar-refractivity contribution in [2.24, 2.45) is 0 Å². The Hall–Kier alpha value is -2.54. The summed E-state index contributed by atoms with van der Waals surface area (Å²) in [6.07, 6.45) is 1.64. The highest BCUT2D eigenvalue weighted by Gasteiger charge is 2.12. The number of aromatic nitrogens is 2. The van der Waals surface area contributed by atoms with Crippen LogP contribution >= 0.6 is 15.9 Å². The van der Waals surface area contributed by atoms with Crippen LogP contribution < -0.4 is 10.9 Å². The average Bonchev–Trinajstić information content (AvgIpc) is 3.09. The molecule has 3 rings (SSSR count). The Morgan fingerprint density at radius 3 is 2.52 bits per heavy atom. The molecule has 0 aliphatic rings. The minimum absolute atomic E-state index is 0.352. The molecule has 0 aliphatic carbocycles. The zero-order chi connectivity index (χ0) is 16.6. The summed E-state index contributed by atoms with van der Waals surface area (Å²) in [6.45, 7) is 3.99. The van der Waals surface area contributed by atoms with Crippen molar-refractivity contribution in [3.63, 3.8) is 0 Å². The van der Waals surface area contributed by atoms with Crippen molar-refractivity contribution in [3.8, 4) is 0 Å². The van der Waals surface area contributed by atoms with Crippen molar-refractivity contribution in [3.05, 3.63) is 57.4 Å². The van der Waals surface area contributed by atoms with E-state index in [-0.39, 0.29) is 5.91 Å². The first kappa shape index (κ1) is 15.4. The third kappa shape index (κ3) is 3.00. The van der Waals surface area contributed by atoms with Crippen LogP contribution in [0.3, 0.4) is 0 Å². The van der Waals surface area contributed by atoms with Gasteiger partial charge in [-0.2, -0.15) is 0 Å². The highest BCUT2D eigenvalue weighted by molar-refractivity contribution is 9.10. The van der Waals surface area contributed by atoms with Gasteiger partial charge in [0.25, 0.3) is 11.8 Å². The van der Waals surface area contributed by atoms with E-state index in [9.17, 15) is 9.59 Å². The van der Waals surface area contributed by atoms with Gasteiger partial charge in [0, 0.05) is 32.8 Å². The first-order valence-electron chi connectivity index (χ1n) is 6.99. The number of amides is 2. The first-order chi connectivity index (χ1) is 11.0. The van der Waals surface area contributed by atoms with E-state index < -0.39 is 5.91 Å². The quantitative estimate of drug-likeness (QED) is 0.519. The number of carbonyl (C=O) groups excluding carboxylic acids is 2. The molecule has 0 saturated heterocycles. The molecule has 23 heavy (non-hydrogen) atoms. The largest absolute Gasteiger partial charge is 0.358 e. The predicted molar refractivity (Wildman–Crippen MR) is 91.2 cm³/mol. The van der Waals surface area contributed by atoms with Gasteiger partial charge in [-0.3, -0.25) is 20.4 Å². The Labute approximate surface area is 140 Å². The monoisotopic (exact) mass is 374 g/mol. The topological polar surface area (TPSA) is 89.8 Å². The zero-order valence-electron chi connectivity index (χ0n) is 12.6. The van der Waals surface area contributed by atoms with Gasteiger partial charge < -0.3 is 9.97 Å². The van der Waals surface area contributed by atoms with Gasteiger partial charge in [0.05, 0.1) is 0 Å². The fourth-order valence-electron chi connectivity index (χ4n) is 2.35. The number of fused-ring (bicyclic) bond motifs is 1. The molecule has 2 aromatic heterocycles. The van der Waals surface area contributed by atoms with Gasteiger partial charge in [0.2, 0.25) is 0 Å². The molecule has 2 heterocycles. The van der Waals surface area contributed by atoms with Gasteiger partial charge in [-0.15, -0.1) is 0 Å². The van der Waals surface area contributed by atoms with Crippen molar-refractivity contribution >= 4 is 38.6 Å². The van der Waals surface area contributed by atoms with E-state index >= 15 is 0 Å². The highest BCUT2D eigenvalue weighted by atomic mass is 79.9. The summed E-state index contributed by atoms with van der Waals surface area (Å²) in [6, 6.07) is 7.00. The van der Waals surface area contributed by atoms with Crippen LogP contribution in [0.2, 0.25) is 0 Å². The van der Waals surface area contributed by atoms with Gasteiger partial charge in [-0.05, 0) is 59.6 Å². The van der Waals surface area contributed by atoms with Crippen LogP contribution in [-0.2, 0) is 0 Å². The van der Waals surface area contributed by atoms with Gasteiger partial charge >= 0.3 is 0 Å². The van der Waals surface area contributed by atoms with Crippen molar-refractivity contribution in [2.75, 3.05) is 0 Å². The zero-order valence-corrected chi connectivity index (χ0v) is 14.2. The van der Waals surface area contributed by atoms with E-state index in [0.717, 1.165) is 26.6 Å². The lowest BCUT2D eigenvalue weighted by atomic mass is 10.1. The number of halogens is 1. The Morgan fingerprint density at radius 1 is 1.09 bits per heavy atom. The number of hydrazine groups is 1. The smallest absolute Gasteiger partial charge is 0.286 e. The number of nitrogens with one attached hydrogen (secondary N) is 4. The van der Waals surface area contributed by atoms with Crippen molar-refractivity contribution < 1.29 is 9.59 Å². The van der Waals surface area contributed by atoms with Crippen LogP contribution in [-0.4, -0.2) is 21.8 Å². The molecule has 7 heteroatoms. The Morgan fingerprint density at radius 2 is 1.83 bits per heavy atom. The average molecular weight is 375 g/mol. The number of carbonyl (C=O) groups is 2. The third-order valence-corrected chi connectivity index (χ3v) is 4.21. The second-order valence-electron chi connectivity index (χ2n) is 5.28.